The standard InChI is InChI=1S/C12H16N4/c1-16-11(9-4-2-6-13-8-9)15-10-5-3-7-14-12(10)16/h3,5,7,9,13H,2,4,6,8H2,1H3/t9-/m1/s1. The van der Waals surface area contributed by atoms with Crippen molar-refractivity contribution in [2.24, 2.45) is 7.05 Å². The van der Waals surface area contributed by atoms with Crippen LogP contribution in [-0.2, 0) is 7.05 Å². The van der Waals surface area contributed by atoms with Gasteiger partial charge in [-0.25, -0.2) is 9.97 Å². The van der Waals surface area contributed by atoms with Crippen molar-refractivity contribution in [3.63, 3.8) is 0 Å². The van der Waals surface area contributed by atoms with Gasteiger partial charge in [-0.3, -0.25) is 0 Å². The lowest BCUT2D eigenvalue weighted by atomic mass is 9.99. The zero-order valence-electron chi connectivity index (χ0n) is 9.48. The number of rotatable bonds is 1. The molecule has 2 aromatic heterocycles. The lowest BCUT2D eigenvalue weighted by molar-refractivity contribution is 0.440. The van der Waals surface area contributed by atoms with Crippen LogP contribution < -0.4 is 5.32 Å². The fourth-order valence-electron chi connectivity index (χ4n) is 2.48. The van der Waals surface area contributed by atoms with E-state index in [9.17, 15) is 0 Å². The SMILES string of the molecule is Cn1c([C@@H]2CCCNC2)nc2cccnc21. The second-order valence-electron chi connectivity index (χ2n) is 4.42. The second-order valence-corrected chi connectivity index (χ2v) is 4.42. The molecular formula is C12H16N4. The van der Waals surface area contributed by atoms with Crippen LogP contribution in [0.2, 0.25) is 0 Å². The van der Waals surface area contributed by atoms with Gasteiger partial charge in [0.15, 0.2) is 5.65 Å². The molecule has 0 radical (unpaired) electrons. The Labute approximate surface area is 94.7 Å². The van der Waals surface area contributed by atoms with E-state index >= 15 is 0 Å². The maximum atomic E-state index is 4.70. The molecule has 84 valence electrons. The van der Waals surface area contributed by atoms with Crippen LogP contribution in [0.15, 0.2) is 18.3 Å². The van der Waals surface area contributed by atoms with Crippen molar-refractivity contribution in [1.82, 2.24) is 19.9 Å². The highest BCUT2D eigenvalue weighted by atomic mass is 15.1. The molecule has 4 nitrogen and oxygen atoms in total. The van der Waals surface area contributed by atoms with Gasteiger partial charge in [-0.05, 0) is 31.5 Å². The summed E-state index contributed by atoms with van der Waals surface area (Å²) in [6, 6.07) is 3.97. The molecule has 4 heteroatoms. The van der Waals surface area contributed by atoms with Gasteiger partial charge >= 0.3 is 0 Å². The Bertz CT molecular complexity index is 497. The molecule has 0 bridgehead atoms. The summed E-state index contributed by atoms with van der Waals surface area (Å²) < 4.78 is 2.13. The summed E-state index contributed by atoms with van der Waals surface area (Å²) in [5.74, 6) is 1.70. The van der Waals surface area contributed by atoms with Crippen molar-refractivity contribution in [3.8, 4) is 0 Å². The normalized spacial score (nSPS) is 21.4. The smallest absolute Gasteiger partial charge is 0.159 e. The molecule has 0 unspecified atom stereocenters. The van der Waals surface area contributed by atoms with E-state index in [1.165, 1.54) is 18.7 Å². The van der Waals surface area contributed by atoms with Crippen molar-refractivity contribution >= 4 is 11.2 Å². The zero-order chi connectivity index (χ0) is 11.0. The Morgan fingerprint density at radius 2 is 2.44 bits per heavy atom. The largest absolute Gasteiger partial charge is 0.316 e. The Morgan fingerprint density at radius 1 is 1.50 bits per heavy atom. The van der Waals surface area contributed by atoms with E-state index in [0.29, 0.717) is 5.92 Å². The molecule has 0 aliphatic carbocycles. The van der Waals surface area contributed by atoms with Crippen molar-refractivity contribution in [2.45, 2.75) is 18.8 Å². The third kappa shape index (κ3) is 1.50. The highest BCUT2D eigenvalue weighted by molar-refractivity contribution is 5.71. The van der Waals surface area contributed by atoms with Crippen LogP contribution in [0.1, 0.15) is 24.6 Å². The van der Waals surface area contributed by atoms with Gasteiger partial charge in [-0.15, -0.1) is 0 Å². The van der Waals surface area contributed by atoms with Gasteiger partial charge < -0.3 is 9.88 Å². The van der Waals surface area contributed by atoms with Crippen molar-refractivity contribution in [3.05, 3.63) is 24.2 Å². The third-order valence-corrected chi connectivity index (χ3v) is 3.32. The highest BCUT2D eigenvalue weighted by Gasteiger charge is 2.20. The molecular weight excluding hydrogens is 200 g/mol. The number of nitrogens with zero attached hydrogens (tertiary/aromatic N) is 3. The maximum Gasteiger partial charge on any atom is 0.159 e. The molecule has 1 saturated heterocycles. The van der Waals surface area contributed by atoms with E-state index in [0.717, 1.165) is 24.3 Å². The minimum absolute atomic E-state index is 0.535. The molecule has 1 fully saturated rings. The number of aryl methyl sites for hydroxylation is 1. The van der Waals surface area contributed by atoms with Crippen LogP contribution in [-0.4, -0.2) is 27.6 Å². The predicted octanol–water partition coefficient (Wildman–Crippen LogP) is 1.44. The lowest BCUT2D eigenvalue weighted by Gasteiger charge is -2.22. The van der Waals surface area contributed by atoms with Gasteiger partial charge in [0.1, 0.15) is 11.3 Å². The minimum Gasteiger partial charge on any atom is -0.316 e. The molecule has 0 spiro atoms. The van der Waals surface area contributed by atoms with Crippen molar-refractivity contribution in [1.29, 1.82) is 0 Å². The summed E-state index contributed by atoms with van der Waals surface area (Å²) in [4.78, 5) is 9.07. The van der Waals surface area contributed by atoms with Gasteiger partial charge in [-0.2, -0.15) is 0 Å². The van der Waals surface area contributed by atoms with Crippen molar-refractivity contribution < 1.29 is 0 Å². The summed E-state index contributed by atoms with van der Waals surface area (Å²) >= 11 is 0. The summed E-state index contributed by atoms with van der Waals surface area (Å²) in [6.45, 7) is 2.18. The first-order valence-electron chi connectivity index (χ1n) is 5.84. The Kier molecular flexibility index (Phi) is 2.36. The van der Waals surface area contributed by atoms with Crippen LogP contribution in [0.4, 0.5) is 0 Å². The summed E-state index contributed by atoms with van der Waals surface area (Å²) in [7, 11) is 2.06. The molecule has 1 aliphatic rings. The van der Waals surface area contributed by atoms with Crippen LogP contribution in [0.5, 0.6) is 0 Å². The van der Waals surface area contributed by atoms with E-state index in [4.69, 9.17) is 4.98 Å². The Hall–Kier alpha value is -1.42. The molecule has 0 amide bonds. The molecule has 3 heterocycles. The number of fused-ring (bicyclic) bond motifs is 1. The average Bonchev–Trinajstić information content (AvgIpc) is 2.69. The van der Waals surface area contributed by atoms with Crippen LogP contribution in [0.25, 0.3) is 11.2 Å². The van der Waals surface area contributed by atoms with E-state index < -0.39 is 0 Å². The fraction of sp³-hybridized carbons (Fsp3) is 0.500. The van der Waals surface area contributed by atoms with Gasteiger partial charge in [0.25, 0.3) is 0 Å². The lowest BCUT2D eigenvalue weighted by Crippen LogP contribution is -2.29. The van der Waals surface area contributed by atoms with E-state index in [1.807, 2.05) is 18.3 Å². The predicted molar refractivity (Wildman–Crippen MR) is 63.4 cm³/mol. The first kappa shape index (κ1) is 9.78. The monoisotopic (exact) mass is 216 g/mol. The number of hydrogen-bond donors (Lipinski definition) is 1. The fourth-order valence-corrected chi connectivity index (χ4v) is 2.48. The van der Waals surface area contributed by atoms with Crippen LogP contribution in [0, 0.1) is 0 Å². The van der Waals surface area contributed by atoms with Gasteiger partial charge in [0.05, 0.1) is 0 Å². The number of pyridine rings is 1. The minimum atomic E-state index is 0.535. The van der Waals surface area contributed by atoms with E-state index in [1.54, 1.807) is 0 Å². The third-order valence-electron chi connectivity index (χ3n) is 3.32. The molecule has 3 rings (SSSR count). The second kappa shape index (κ2) is 3.87. The maximum absolute atomic E-state index is 4.70. The molecule has 2 aromatic rings. The Morgan fingerprint density at radius 3 is 3.19 bits per heavy atom. The molecule has 1 N–H and O–H groups in total. The average molecular weight is 216 g/mol. The van der Waals surface area contributed by atoms with Gasteiger partial charge in [0, 0.05) is 25.7 Å². The van der Waals surface area contributed by atoms with Gasteiger partial charge in [0.2, 0.25) is 0 Å². The van der Waals surface area contributed by atoms with Crippen molar-refractivity contribution in [2.75, 3.05) is 13.1 Å². The molecule has 0 saturated carbocycles. The van der Waals surface area contributed by atoms with Crippen LogP contribution >= 0.6 is 0 Å². The van der Waals surface area contributed by atoms with Gasteiger partial charge in [-0.1, -0.05) is 0 Å². The van der Waals surface area contributed by atoms with E-state index in [2.05, 4.69) is 21.9 Å². The molecule has 1 aliphatic heterocycles. The number of nitrogens with one attached hydrogen (secondary N) is 1. The Balaban J connectivity index is 2.05. The number of imidazole rings is 1. The summed E-state index contributed by atoms with van der Waals surface area (Å²) in [5.41, 5.74) is 1.99. The first-order valence-corrected chi connectivity index (χ1v) is 5.84. The van der Waals surface area contributed by atoms with Crippen LogP contribution in [0.3, 0.4) is 0 Å². The molecule has 1 atom stereocenters. The number of piperidine rings is 1. The number of aromatic nitrogens is 3. The summed E-state index contributed by atoms with van der Waals surface area (Å²) in [5, 5.41) is 3.43. The topological polar surface area (TPSA) is 42.7 Å². The summed E-state index contributed by atoms with van der Waals surface area (Å²) in [6.07, 6.45) is 4.29. The highest BCUT2D eigenvalue weighted by Crippen LogP contribution is 2.24. The first-order chi connectivity index (χ1) is 7.86. The quantitative estimate of drug-likeness (QED) is 0.784. The number of hydrogen-bond acceptors (Lipinski definition) is 3. The zero-order valence-corrected chi connectivity index (χ0v) is 9.48. The molecule has 16 heavy (non-hydrogen) atoms. The van der Waals surface area contributed by atoms with E-state index in [-0.39, 0.29) is 0 Å². The molecule has 0 aromatic carbocycles.